The maximum atomic E-state index is 12.5. The number of carbonyl (C=O) groups is 1. The van der Waals surface area contributed by atoms with Crippen molar-refractivity contribution >= 4 is 33.5 Å². The number of aromatic nitrogens is 1. The van der Waals surface area contributed by atoms with Crippen molar-refractivity contribution in [3.8, 4) is 12.3 Å². The van der Waals surface area contributed by atoms with Gasteiger partial charge in [-0.25, -0.2) is 4.98 Å². The molecule has 25 heavy (non-hydrogen) atoms. The smallest absolute Gasteiger partial charge is 0.247 e. The fourth-order valence-electron chi connectivity index (χ4n) is 2.45. The quantitative estimate of drug-likeness (QED) is 0.510. The molecule has 1 amide bonds. The molecule has 0 saturated carbocycles. The normalized spacial score (nSPS) is 10.9. The predicted molar refractivity (Wildman–Crippen MR) is 104 cm³/mol. The number of para-hydroxylation sites is 1. The summed E-state index contributed by atoms with van der Waals surface area (Å²) in [7, 11) is 0. The highest BCUT2D eigenvalue weighted by molar-refractivity contribution is 7.19. The van der Waals surface area contributed by atoms with Crippen molar-refractivity contribution in [3.05, 3.63) is 70.7 Å². The Balaban J connectivity index is 1.73. The molecule has 0 aliphatic heterocycles. The number of nitrogens with zero attached hydrogens (tertiary/aromatic N) is 2. The molecule has 3 nitrogen and oxygen atoms in total. The average molecular weight is 346 g/mol. The Kier molecular flexibility index (Phi) is 5.27. The molecule has 3 rings (SSSR count). The van der Waals surface area contributed by atoms with Gasteiger partial charge in [-0.15, -0.1) is 17.8 Å². The van der Waals surface area contributed by atoms with Crippen LogP contribution in [0.2, 0.25) is 0 Å². The molecule has 2 aromatic carbocycles. The van der Waals surface area contributed by atoms with E-state index in [0.717, 1.165) is 20.8 Å². The van der Waals surface area contributed by atoms with Crippen LogP contribution < -0.4 is 0 Å². The third-order valence-electron chi connectivity index (χ3n) is 3.77. The minimum Gasteiger partial charge on any atom is -0.324 e. The molecule has 0 radical (unpaired) electrons. The van der Waals surface area contributed by atoms with Gasteiger partial charge >= 0.3 is 0 Å². The summed E-state index contributed by atoms with van der Waals surface area (Å²) in [6.45, 7) is 2.80. The molecule has 0 bridgehead atoms. The summed E-state index contributed by atoms with van der Waals surface area (Å²) in [5, 5.41) is 0.811. The summed E-state index contributed by atoms with van der Waals surface area (Å²) in [5.41, 5.74) is 3.19. The number of hydrogen-bond donors (Lipinski definition) is 0. The van der Waals surface area contributed by atoms with Gasteiger partial charge in [0.15, 0.2) is 0 Å². The monoisotopic (exact) mass is 346 g/mol. The van der Waals surface area contributed by atoms with Crippen LogP contribution in [0.5, 0.6) is 0 Å². The maximum absolute atomic E-state index is 12.5. The minimum atomic E-state index is -0.113. The van der Waals surface area contributed by atoms with Gasteiger partial charge in [-0.2, -0.15) is 0 Å². The second-order valence-corrected chi connectivity index (χ2v) is 6.80. The number of rotatable bonds is 5. The lowest BCUT2D eigenvalue weighted by Crippen LogP contribution is -2.29. The summed E-state index contributed by atoms with van der Waals surface area (Å²) < 4.78 is 1.11. The molecule has 0 saturated heterocycles. The van der Waals surface area contributed by atoms with Crippen molar-refractivity contribution in [3.63, 3.8) is 0 Å². The van der Waals surface area contributed by atoms with Crippen molar-refractivity contribution in [2.75, 3.05) is 6.54 Å². The first-order valence-electron chi connectivity index (χ1n) is 7.97. The van der Waals surface area contributed by atoms with Crippen molar-refractivity contribution in [2.45, 2.75) is 13.5 Å². The molecule has 0 fully saturated rings. The third kappa shape index (κ3) is 4.34. The molecule has 0 aliphatic rings. The average Bonchev–Trinajstić information content (AvgIpc) is 3.04. The van der Waals surface area contributed by atoms with Gasteiger partial charge in [0.2, 0.25) is 5.91 Å². The molecule has 1 heterocycles. The zero-order valence-corrected chi connectivity index (χ0v) is 14.8. The van der Waals surface area contributed by atoms with E-state index >= 15 is 0 Å². The van der Waals surface area contributed by atoms with E-state index in [1.165, 1.54) is 5.56 Å². The van der Waals surface area contributed by atoms with E-state index in [4.69, 9.17) is 6.42 Å². The fourth-order valence-corrected chi connectivity index (χ4v) is 3.32. The van der Waals surface area contributed by atoms with E-state index < -0.39 is 0 Å². The zero-order valence-electron chi connectivity index (χ0n) is 14.0. The van der Waals surface area contributed by atoms with Crippen LogP contribution in [0.15, 0.2) is 54.6 Å². The number of thiazole rings is 1. The molecule has 0 spiro atoms. The molecule has 4 heteroatoms. The number of carbonyl (C=O) groups excluding carboxylic acids is 1. The standard InChI is InChI=1S/C21H18N2OS/c1-3-14-23(15-17-10-8-16(2)9-11-17)21(24)13-12-20-22-18-6-4-5-7-19(18)25-20/h1,4-13H,14-15H2,2H3/b13-12+. The summed E-state index contributed by atoms with van der Waals surface area (Å²) in [4.78, 5) is 18.7. The van der Waals surface area contributed by atoms with Gasteiger partial charge < -0.3 is 4.90 Å². The first-order valence-corrected chi connectivity index (χ1v) is 8.79. The molecular weight excluding hydrogens is 328 g/mol. The van der Waals surface area contributed by atoms with E-state index in [-0.39, 0.29) is 12.5 Å². The summed E-state index contributed by atoms with van der Waals surface area (Å²) >= 11 is 1.56. The molecule has 124 valence electrons. The molecule has 0 unspecified atom stereocenters. The van der Waals surface area contributed by atoms with Crippen LogP contribution in [-0.4, -0.2) is 22.3 Å². The Morgan fingerprint density at radius 3 is 2.72 bits per heavy atom. The van der Waals surface area contributed by atoms with E-state index in [9.17, 15) is 4.79 Å². The topological polar surface area (TPSA) is 33.2 Å². The number of hydrogen-bond acceptors (Lipinski definition) is 3. The minimum absolute atomic E-state index is 0.113. The Hall–Kier alpha value is -2.90. The van der Waals surface area contributed by atoms with Crippen LogP contribution in [0.25, 0.3) is 16.3 Å². The lowest BCUT2D eigenvalue weighted by molar-refractivity contribution is -0.125. The lowest BCUT2D eigenvalue weighted by atomic mass is 10.1. The largest absolute Gasteiger partial charge is 0.324 e. The SMILES string of the molecule is C#CCN(Cc1ccc(C)cc1)C(=O)/C=C/c1nc2ccccc2s1. The molecule has 0 aliphatic carbocycles. The van der Waals surface area contributed by atoms with Crippen molar-refractivity contribution in [2.24, 2.45) is 0 Å². The van der Waals surface area contributed by atoms with Crippen molar-refractivity contribution in [1.82, 2.24) is 9.88 Å². The molecule has 3 aromatic rings. The first kappa shape index (κ1) is 16.9. The van der Waals surface area contributed by atoms with Gasteiger partial charge in [0.1, 0.15) is 5.01 Å². The van der Waals surface area contributed by atoms with E-state index in [2.05, 4.69) is 10.9 Å². The Labute approximate surface area is 151 Å². The first-order chi connectivity index (χ1) is 12.2. The molecule has 0 atom stereocenters. The van der Waals surface area contributed by atoms with Crippen LogP contribution in [0.4, 0.5) is 0 Å². The van der Waals surface area contributed by atoms with Gasteiger partial charge in [-0.3, -0.25) is 4.79 Å². The van der Waals surface area contributed by atoms with Crippen molar-refractivity contribution < 1.29 is 4.79 Å². The molecule has 0 N–H and O–H groups in total. The van der Waals surface area contributed by atoms with Gasteiger partial charge in [0.05, 0.1) is 16.8 Å². The number of fused-ring (bicyclic) bond motifs is 1. The number of amides is 1. The number of aryl methyl sites for hydroxylation is 1. The summed E-state index contributed by atoms with van der Waals surface area (Å²) in [6.07, 6.45) is 8.73. The van der Waals surface area contributed by atoms with Gasteiger partial charge in [0, 0.05) is 12.6 Å². The highest BCUT2D eigenvalue weighted by Crippen LogP contribution is 2.22. The highest BCUT2D eigenvalue weighted by atomic mass is 32.1. The predicted octanol–water partition coefficient (Wildman–Crippen LogP) is 4.28. The molecule has 1 aromatic heterocycles. The Morgan fingerprint density at radius 2 is 2.00 bits per heavy atom. The highest BCUT2D eigenvalue weighted by Gasteiger charge is 2.10. The number of terminal acetylenes is 1. The second-order valence-electron chi connectivity index (χ2n) is 5.74. The van der Waals surface area contributed by atoms with E-state index in [1.807, 2.05) is 55.5 Å². The van der Waals surface area contributed by atoms with Crippen molar-refractivity contribution in [1.29, 1.82) is 0 Å². The zero-order chi connectivity index (χ0) is 17.6. The van der Waals surface area contributed by atoms with Gasteiger partial charge in [0.25, 0.3) is 0 Å². The van der Waals surface area contributed by atoms with Crippen LogP contribution in [0.3, 0.4) is 0 Å². The van der Waals surface area contributed by atoms with E-state index in [1.54, 1.807) is 28.4 Å². The lowest BCUT2D eigenvalue weighted by Gasteiger charge is -2.18. The third-order valence-corrected chi connectivity index (χ3v) is 4.77. The van der Waals surface area contributed by atoms with Gasteiger partial charge in [-0.05, 0) is 30.7 Å². The molecular formula is C21H18N2OS. The maximum Gasteiger partial charge on any atom is 0.247 e. The number of benzene rings is 2. The van der Waals surface area contributed by atoms with Gasteiger partial charge in [-0.1, -0.05) is 47.9 Å². The van der Waals surface area contributed by atoms with Crippen LogP contribution in [-0.2, 0) is 11.3 Å². The fraction of sp³-hybridized carbons (Fsp3) is 0.143. The summed E-state index contributed by atoms with van der Waals surface area (Å²) in [6, 6.07) is 16.0. The second kappa shape index (κ2) is 7.78. The van der Waals surface area contributed by atoms with Crippen LogP contribution in [0, 0.1) is 19.3 Å². The van der Waals surface area contributed by atoms with E-state index in [0.29, 0.717) is 6.54 Å². The summed E-state index contributed by atoms with van der Waals surface area (Å²) in [5.74, 6) is 2.45. The van der Waals surface area contributed by atoms with Crippen LogP contribution in [0.1, 0.15) is 16.1 Å². The van der Waals surface area contributed by atoms with Crippen LogP contribution >= 0.6 is 11.3 Å². The Morgan fingerprint density at radius 1 is 1.24 bits per heavy atom. The Bertz CT molecular complexity index is 915.